The Morgan fingerprint density at radius 3 is 3.00 bits per heavy atom. The second-order valence-corrected chi connectivity index (χ2v) is 3.33. The molecule has 0 spiro atoms. The predicted molar refractivity (Wildman–Crippen MR) is 57.4 cm³/mol. The van der Waals surface area contributed by atoms with Crippen LogP contribution in [0.15, 0.2) is 12.1 Å². The molecule has 5 nitrogen and oxygen atoms in total. The molecule has 1 aromatic rings. The van der Waals surface area contributed by atoms with Crippen molar-refractivity contribution in [3.63, 3.8) is 0 Å². The van der Waals surface area contributed by atoms with Gasteiger partial charge >= 0.3 is 0 Å². The number of nitrogens with one attached hydrogen (secondary N) is 1. The van der Waals surface area contributed by atoms with E-state index in [9.17, 15) is 4.79 Å². The SMILES string of the molecule is CNCC(=O)c1c(OC)ccc2c1OCO2. The van der Waals surface area contributed by atoms with Gasteiger partial charge in [-0.25, -0.2) is 0 Å². The summed E-state index contributed by atoms with van der Waals surface area (Å²) in [4.78, 5) is 11.9. The number of methoxy groups -OCH3 is 1. The minimum absolute atomic E-state index is 0.0818. The molecule has 1 heterocycles. The molecule has 0 saturated heterocycles. The van der Waals surface area contributed by atoms with Crippen molar-refractivity contribution >= 4 is 5.78 Å². The van der Waals surface area contributed by atoms with Gasteiger partial charge in [-0.05, 0) is 19.2 Å². The highest BCUT2D eigenvalue weighted by atomic mass is 16.7. The van der Waals surface area contributed by atoms with Crippen molar-refractivity contribution in [1.82, 2.24) is 5.32 Å². The van der Waals surface area contributed by atoms with Crippen LogP contribution in [0.5, 0.6) is 17.2 Å². The van der Waals surface area contributed by atoms with Crippen LogP contribution in [0.4, 0.5) is 0 Å². The molecule has 1 aliphatic heterocycles. The Bertz CT molecular complexity index is 417. The molecule has 0 amide bonds. The summed E-state index contributed by atoms with van der Waals surface area (Å²) in [6.45, 7) is 0.374. The lowest BCUT2D eigenvalue weighted by Crippen LogP contribution is -2.19. The monoisotopic (exact) mass is 223 g/mol. The van der Waals surface area contributed by atoms with Gasteiger partial charge in [-0.2, -0.15) is 0 Å². The molecular weight excluding hydrogens is 210 g/mol. The number of hydrogen-bond donors (Lipinski definition) is 1. The lowest BCUT2D eigenvalue weighted by atomic mass is 10.1. The highest BCUT2D eigenvalue weighted by Crippen LogP contribution is 2.40. The van der Waals surface area contributed by atoms with Crippen LogP contribution in [0.25, 0.3) is 0 Å². The van der Waals surface area contributed by atoms with Gasteiger partial charge < -0.3 is 19.5 Å². The number of carbonyl (C=O) groups is 1. The van der Waals surface area contributed by atoms with Crippen LogP contribution in [-0.2, 0) is 0 Å². The van der Waals surface area contributed by atoms with Gasteiger partial charge in [0.15, 0.2) is 17.3 Å². The number of Topliss-reactive ketones (excluding diaryl/α,β-unsaturated/α-hetero) is 1. The number of carbonyl (C=O) groups excluding carboxylic acids is 1. The Morgan fingerprint density at radius 1 is 1.50 bits per heavy atom. The normalized spacial score (nSPS) is 12.6. The Balaban J connectivity index is 2.47. The molecule has 1 aromatic carbocycles. The number of ether oxygens (including phenoxy) is 3. The van der Waals surface area contributed by atoms with Crippen molar-refractivity contribution in [3.05, 3.63) is 17.7 Å². The smallest absolute Gasteiger partial charge is 0.231 e. The van der Waals surface area contributed by atoms with Crippen LogP contribution in [0.3, 0.4) is 0 Å². The predicted octanol–water partition coefficient (Wildman–Crippen LogP) is 0.826. The molecule has 86 valence electrons. The molecule has 1 aliphatic rings. The number of likely N-dealkylation sites (N-methyl/N-ethyl adjacent to an activating group) is 1. The summed E-state index contributed by atoms with van der Waals surface area (Å²) in [5.74, 6) is 1.48. The van der Waals surface area contributed by atoms with E-state index in [0.717, 1.165) is 0 Å². The Hall–Kier alpha value is -1.75. The van der Waals surface area contributed by atoms with Crippen molar-refractivity contribution in [2.45, 2.75) is 0 Å². The van der Waals surface area contributed by atoms with E-state index in [4.69, 9.17) is 14.2 Å². The summed E-state index contributed by atoms with van der Waals surface area (Å²) < 4.78 is 15.7. The fourth-order valence-corrected chi connectivity index (χ4v) is 1.64. The molecule has 5 heteroatoms. The fourth-order valence-electron chi connectivity index (χ4n) is 1.64. The van der Waals surface area contributed by atoms with E-state index < -0.39 is 0 Å². The summed E-state index contributed by atoms with van der Waals surface area (Å²) >= 11 is 0. The first-order valence-corrected chi connectivity index (χ1v) is 4.92. The molecule has 0 fully saturated rings. The zero-order valence-corrected chi connectivity index (χ0v) is 9.20. The van der Waals surface area contributed by atoms with E-state index in [1.165, 1.54) is 7.11 Å². The van der Waals surface area contributed by atoms with Gasteiger partial charge in [0.2, 0.25) is 6.79 Å². The Morgan fingerprint density at radius 2 is 2.31 bits per heavy atom. The van der Waals surface area contributed by atoms with Crippen molar-refractivity contribution in [3.8, 4) is 17.2 Å². The maximum Gasteiger partial charge on any atom is 0.231 e. The Kier molecular flexibility index (Phi) is 2.96. The van der Waals surface area contributed by atoms with E-state index >= 15 is 0 Å². The van der Waals surface area contributed by atoms with Gasteiger partial charge in [-0.3, -0.25) is 4.79 Å². The molecule has 0 saturated carbocycles. The molecular formula is C11H13NO4. The van der Waals surface area contributed by atoms with Gasteiger partial charge in [-0.15, -0.1) is 0 Å². The van der Waals surface area contributed by atoms with E-state index in [0.29, 0.717) is 22.8 Å². The molecule has 0 bridgehead atoms. The lowest BCUT2D eigenvalue weighted by Gasteiger charge is -2.09. The van der Waals surface area contributed by atoms with Crippen molar-refractivity contribution in [2.24, 2.45) is 0 Å². The molecule has 0 radical (unpaired) electrons. The lowest BCUT2D eigenvalue weighted by molar-refractivity contribution is 0.0986. The summed E-state index contributed by atoms with van der Waals surface area (Å²) in [6.07, 6.45) is 0. The van der Waals surface area contributed by atoms with E-state index in [-0.39, 0.29) is 19.1 Å². The first kappa shape index (κ1) is 10.8. The molecule has 0 aliphatic carbocycles. The minimum Gasteiger partial charge on any atom is -0.496 e. The summed E-state index contributed by atoms with van der Waals surface area (Å²) in [6, 6.07) is 3.44. The number of rotatable bonds is 4. The topological polar surface area (TPSA) is 56.8 Å². The summed E-state index contributed by atoms with van der Waals surface area (Å²) in [7, 11) is 3.23. The third-order valence-electron chi connectivity index (χ3n) is 2.34. The summed E-state index contributed by atoms with van der Waals surface area (Å²) in [5, 5.41) is 2.81. The standard InChI is InChI=1S/C11H13NO4/c1-12-5-7(13)10-8(14-2)3-4-9-11(10)16-6-15-9/h3-4,12H,5-6H2,1-2H3. The summed E-state index contributed by atoms with van der Waals surface area (Å²) in [5.41, 5.74) is 0.437. The van der Waals surface area contributed by atoms with Gasteiger partial charge in [0, 0.05) is 0 Å². The maximum atomic E-state index is 11.9. The molecule has 0 aromatic heterocycles. The quantitative estimate of drug-likeness (QED) is 0.766. The van der Waals surface area contributed by atoms with Crippen LogP contribution in [0.1, 0.15) is 10.4 Å². The molecule has 2 rings (SSSR count). The van der Waals surface area contributed by atoms with Crippen molar-refractivity contribution in [1.29, 1.82) is 0 Å². The van der Waals surface area contributed by atoms with Gasteiger partial charge in [0.25, 0.3) is 0 Å². The third kappa shape index (κ3) is 1.69. The maximum absolute atomic E-state index is 11.9. The highest BCUT2D eigenvalue weighted by Gasteiger charge is 2.25. The van der Waals surface area contributed by atoms with Crippen LogP contribution in [0, 0.1) is 0 Å². The molecule has 0 unspecified atom stereocenters. The average molecular weight is 223 g/mol. The highest BCUT2D eigenvalue weighted by molar-refractivity contribution is 6.03. The van der Waals surface area contributed by atoms with Crippen LogP contribution in [-0.4, -0.2) is 33.3 Å². The largest absolute Gasteiger partial charge is 0.496 e. The van der Waals surface area contributed by atoms with Gasteiger partial charge in [0.05, 0.1) is 13.7 Å². The fraction of sp³-hybridized carbons (Fsp3) is 0.364. The second-order valence-electron chi connectivity index (χ2n) is 3.33. The molecule has 0 atom stereocenters. The minimum atomic E-state index is -0.0818. The Labute approximate surface area is 93.3 Å². The van der Waals surface area contributed by atoms with E-state index in [1.807, 2.05) is 0 Å². The average Bonchev–Trinajstić information content (AvgIpc) is 2.75. The molecule has 1 N–H and O–H groups in total. The second kappa shape index (κ2) is 4.40. The number of ketones is 1. The first-order valence-electron chi connectivity index (χ1n) is 4.92. The third-order valence-corrected chi connectivity index (χ3v) is 2.34. The van der Waals surface area contributed by atoms with E-state index in [1.54, 1.807) is 19.2 Å². The van der Waals surface area contributed by atoms with Crippen LogP contribution >= 0.6 is 0 Å². The van der Waals surface area contributed by atoms with Crippen LogP contribution in [0.2, 0.25) is 0 Å². The van der Waals surface area contributed by atoms with Crippen molar-refractivity contribution < 1.29 is 19.0 Å². The van der Waals surface area contributed by atoms with Gasteiger partial charge in [0.1, 0.15) is 11.3 Å². The number of fused-ring (bicyclic) bond motifs is 1. The van der Waals surface area contributed by atoms with Gasteiger partial charge in [-0.1, -0.05) is 0 Å². The van der Waals surface area contributed by atoms with E-state index in [2.05, 4.69) is 5.32 Å². The number of benzene rings is 1. The van der Waals surface area contributed by atoms with Crippen LogP contribution < -0.4 is 19.5 Å². The first-order chi connectivity index (χ1) is 7.77. The van der Waals surface area contributed by atoms with Crippen molar-refractivity contribution in [2.75, 3.05) is 27.5 Å². The zero-order valence-electron chi connectivity index (χ0n) is 9.20. The molecule has 16 heavy (non-hydrogen) atoms. The zero-order chi connectivity index (χ0) is 11.5. The number of hydrogen-bond acceptors (Lipinski definition) is 5.